The van der Waals surface area contributed by atoms with Crippen molar-refractivity contribution in [3.05, 3.63) is 59.8 Å². The molecular weight excluding hydrogens is 526 g/mol. The number of hydrogen-bond donors (Lipinski definition) is 3. The Balaban J connectivity index is 0.000000389. The van der Waals surface area contributed by atoms with Crippen LogP contribution in [0.5, 0.6) is 0 Å². The molecule has 3 atom stereocenters. The van der Waals surface area contributed by atoms with Crippen LogP contribution in [0.25, 0.3) is 0 Å². The topological polar surface area (TPSA) is 134 Å². The molecule has 2 aliphatic rings. The summed E-state index contributed by atoms with van der Waals surface area (Å²) in [5.74, 6) is -1.89. The zero-order valence-corrected chi connectivity index (χ0v) is 23.5. The SMILES string of the molecule is CC1C(CCC2CCCCC2)(C(=O)O)C=CCC1(C(=O)O)c1ccncc1.CN(C(N)=O)c1cccs1.Cl. The first-order valence-electron chi connectivity index (χ1n) is 12.8. The van der Waals surface area contributed by atoms with Gasteiger partial charge in [-0.1, -0.05) is 51.2 Å². The highest BCUT2D eigenvalue weighted by Crippen LogP contribution is 2.52. The highest BCUT2D eigenvalue weighted by Gasteiger charge is 2.57. The second-order valence-corrected chi connectivity index (χ2v) is 11.0. The average Bonchev–Trinajstić information content (AvgIpc) is 3.44. The Morgan fingerprint density at radius 2 is 1.76 bits per heavy atom. The first-order chi connectivity index (χ1) is 17.6. The Kier molecular flexibility index (Phi) is 11.3. The number of carbonyl (C=O) groups is 3. The molecule has 2 aromatic rings. The molecule has 38 heavy (non-hydrogen) atoms. The molecular formula is C28H38ClN3O5S. The fourth-order valence-electron chi connectivity index (χ4n) is 5.78. The van der Waals surface area contributed by atoms with E-state index in [-0.39, 0.29) is 12.4 Å². The molecule has 2 aromatic heterocycles. The lowest BCUT2D eigenvalue weighted by molar-refractivity contribution is -0.157. The van der Waals surface area contributed by atoms with Crippen LogP contribution < -0.4 is 10.6 Å². The third-order valence-electron chi connectivity index (χ3n) is 8.20. The van der Waals surface area contributed by atoms with E-state index in [2.05, 4.69) is 4.98 Å². The third-order valence-corrected chi connectivity index (χ3v) is 9.15. The Hall–Kier alpha value is -2.91. The second kappa shape index (κ2) is 13.8. The largest absolute Gasteiger partial charge is 0.481 e. The summed E-state index contributed by atoms with van der Waals surface area (Å²) in [7, 11) is 1.65. The first kappa shape index (κ1) is 31.3. The molecule has 0 radical (unpaired) electrons. The standard InChI is InChI=1S/C22H29NO4.C6H8N2OS.ClH/c1-16-21(19(24)25,13-8-17-6-3-2-4-7-17)11-5-12-22(16,20(26)27)18-9-14-23-15-10-18;1-8(6(7)9)5-3-2-4-10-5;/h5,9-11,14-17H,2-4,6-8,12-13H2,1H3,(H,24,25)(H,26,27);2-4H,1H3,(H2,7,9);1H. The number of pyridine rings is 1. The van der Waals surface area contributed by atoms with Gasteiger partial charge in [0.15, 0.2) is 0 Å². The first-order valence-corrected chi connectivity index (χ1v) is 13.6. The van der Waals surface area contributed by atoms with Crippen molar-refractivity contribution < 1.29 is 24.6 Å². The van der Waals surface area contributed by atoms with Crippen molar-refractivity contribution in [3.8, 4) is 0 Å². The minimum absolute atomic E-state index is 0. The van der Waals surface area contributed by atoms with Crippen LogP contribution in [-0.4, -0.2) is 40.2 Å². The molecule has 2 aliphatic carbocycles. The van der Waals surface area contributed by atoms with Crippen LogP contribution in [0.2, 0.25) is 0 Å². The molecule has 0 bridgehead atoms. The summed E-state index contributed by atoms with van der Waals surface area (Å²) in [5, 5.41) is 23.2. The Morgan fingerprint density at radius 3 is 2.29 bits per heavy atom. The van der Waals surface area contributed by atoms with E-state index >= 15 is 0 Å². The van der Waals surface area contributed by atoms with Crippen molar-refractivity contribution in [2.75, 3.05) is 11.9 Å². The van der Waals surface area contributed by atoms with Gasteiger partial charge in [0, 0.05) is 19.4 Å². The number of nitrogens with two attached hydrogens (primary N) is 1. The van der Waals surface area contributed by atoms with Crippen molar-refractivity contribution in [2.45, 2.75) is 63.7 Å². The van der Waals surface area contributed by atoms with Crippen molar-refractivity contribution in [3.63, 3.8) is 0 Å². The zero-order chi connectivity index (χ0) is 27.1. The quantitative estimate of drug-likeness (QED) is 0.348. The number of nitrogens with zero attached hydrogens (tertiary/aromatic N) is 2. The highest BCUT2D eigenvalue weighted by molar-refractivity contribution is 7.14. The van der Waals surface area contributed by atoms with Gasteiger partial charge in [0.2, 0.25) is 0 Å². The molecule has 8 nitrogen and oxygen atoms in total. The van der Waals surface area contributed by atoms with Gasteiger partial charge >= 0.3 is 18.0 Å². The van der Waals surface area contributed by atoms with Gasteiger partial charge in [-0.15, -0.1) is 23.7 Å². The molecule has 0 aliphatic heterocycles. The molecule has 1 fully saturated rings. The van der Waals surface area contributed by atoms with Gasteiger partial charge < -0.3 is 15.9 Å². The van der Waals surface area contributed by atoms with Crippen molar-refractivity contribution in [1.82, 2.24) is 4.98 Å². The maximum atomic E-state index is 12.5. The monoisotopic (exact) mass is 563 g/mol. The van der Waals surface area contributed by atoms with E-state index in [0.29, 0.717) is 24.3 Å². The van der Waals surface area contributed by atoms with Crippen molar-refractivity contribution in [2.24, 2.45) is 23.0 Å². The van der Waals surface area contributed by atoms with Gasteiger partial charge in [-0.05, 0) is 66.3 Å². The Labute approximate surface area is 234 Å². The Bertz CT molecular complexity index is 1090. The summed E-state index contributed by atoms with van der Waals surface area (Å²) < 4.78 is 0. The molecule has 2 amide bonds. The molecule has 3 unspecified atom stereocenters. The minimum Gasteiger partial charge on any atom is -0.481 e. The molecule has 10 heteroatoms. The number of hydrogen-bond acceptors (Lipinski definition) is 5. The van der Waals surface area contributed by atoms with Gasteiger partial charge in [0.05, 0.1) is 10.4 Å². The van der Waals surface area contributed by atoms with Crippen LogP contribution >= 0.6 is 23.7 Å². The smallest absolute Gasteiger partial charge is 0.319 e. The molecule has 0 saturated heterocycles. The number of carboxylic acids is 2. The number of halogens is 1. The number of urea groups is 1. The van der Waals surface area contributed by atoms with Gasteiger partial charge in [-0.25, -0.2) is 4.79 Å². The van der Waals surface area contributed by atoms with E-state index < -0.39 is 34.7 Å². The fourth-order valence-corrected chi connectivity index (χ4v) is 6.48. The Morgan fingerprint density at radius 1 is 1.11 bits per heavy atom. The number of carbonyl (C=O) groups excluding carboxylic acids is 1. The third kappa shape index (κ3) is 6.56. The van der Waals surface area contributed by atoms with Crippen LogP contribution in [0.1, 0.15) is 63.9 Å². The molecule has 2 heterocycles. The lowest BCUT2D eigenvalue weighted by Gasteiger charge is -2.47. The number of aliphatic carboxylic acids is 2. The normalized spacial score (nSPS) is 24.8. The molecule has 0 aromatic carbocycles. The van der Waals surface area contributed by atoms with Crippen LogP contribution in [0, 0.1) is 17.3 Å². The highest BCUT2D eigenvalue weighted by atomic mass is 35.5. The van der Waals surface area contributed by atoms with Gasteiger partial charge in [-0.2, -0.15) is 0 Å². The summed E-state index contributed by atoms with van der Waals surface area (Å²) in [4.78, 5) is 40.9. The number of thiophene rings is 1. The van der Waals surface area contributed by atoms with Crippen LogP contribution in [0.15, 0.2) is 54.2 Å². The number of primary amides is 1. The van der Waals surface area contributed by atoms with E-state index in [9.17, 15) is 24.6 Å². The van der Waals surface area contributed by atoms with E-state index in [4.69, 9.17) is 5.73 Å². The van der Waals surface area contributed by atoms with Gasteiger partial charge in [0.1, 0.15) is 5.41 Å². The number of aromatic nitrogens is 1. The van der Waals surface area contributed by atoms with E-state index in [1.807, 2.05) is 17.5 Å². The average molecular weight is 564 g/mol. The van der Waals surface area contributed by atoms with Gasteiger partial charge in [0.25, 0.3) is 0 Å². The molecule has 208 valence electrons. The zero-order valence-electron chi connectivity index (χ0n) is 21.9. The summed E-state index contributed by atoms with van der Waals surface area (Å²) >= 11 is 1.48. The van der Waals surface area contributed by atoms with Crippen LogP contribution in [0.3, 0.4) is 0 Å². The lowest BCUT2D eigenvalue weighted by Crippen LogP contribution is -2.53. The summed E-state index contributed by atoms with van der Waals surface area (Å²) in [5.41, 5.74) is 3.25. The summed E-state index contributed by atoms with van der Waals surface area (Å²) in [6.45, 7) is 1.80. The van der Waals surface area contributed by atoms with Crippen LogP contribution in [-0.2, 0) is 15.0 Å². The fraction of sp³-hybridized carbons (Fsp3) is 0.500. The van der Waals surface area contributed by atoms with E-state index in [0.717, 1.165) is 24.3 Å². The maximum Gasteiger partial charge on any atom is 0.319 e. The number of carboxylic acid groups (broad SMARTS) is 2. The number of rotatable bonds is 7. The second-order valence-electron chi connectivity index (χ2n) is 10.1. The summed E-state index contributed by atoms with van der Waals surface area (Å²) in [6, 6.07) is 6.70. The minimum atomic E-state index is -1.25. The van der Waals surface area contributed by atoms with Crippen LogP contribution in [0.4, 0.5) is 9.80 Å². The molecule has 4 N–H and O–H groups in total. The maximum absolute atomic E-state index is 12.5. The molecule has 0 spiro atoms. The van der Waals surface area contributed by atoms with E-state index in [1.54, 1.807) is 50.6 Å². The predicted octanol–water partition coefficient (Wildman–Crippen LogP) is 6.12. The number of anilines is 1. The van der Waals surface area contributed by atoms with Crippen molar-refractivity contribution >= 4 is 46.7 Å². The van der Waals surface area contributed by atoms with Gasteiger partial charge in [-0.3, -0.25) is 19.5 Å². The van der Waals surface area contributed by atoms with E-state index in [1.165, 1.54) is 35.5 Å². The van der Waals surface area contributed by atoms with Crippen molar-refractivity contribution in [1.29, 1.82) is 0 Å². The number of allylic oxidation sites excluding steroid dienone is 1. The predicted molar refractivity (Wildman–Crippen MR) is 152 cm³/mol. The molecule has 1 saturated carbocycles. The molecule has 4 rings (SSSR count). The number of amides is 2. The summed E-state index contributed by atoms with van der Waals surface area (Å²) in [6.07, 6.45) is 14.3. The lowest BCUT2D eigenvalue weighted by atomic mass is 9.54.